The van der Waals surface area contributed by atoms with Crippen LogP contribution in [-0.2, 0) is 14.8 Å². The summed E-state index contributed by atoms with van der Waals surface area (Å²) in [6.45, 7) is 5.80. The number of para-hydroxylation sites is 1. The van der Waals surface area contributed by atoms with Crippen LogP contribution in [0.1, 0.15) is 34.3 Å². The third kappa shape index (κ3) is 4.94. The first-order chi connectivity index (χ1) is 14.3. The fourth-order valence-electron chi connectivity index (χ4n) is 3.45. The highest BCUT2D eigenvalue weighted by Gasteiger charge is 2.25. The van der Waals surface area contributed by atoms with Crippen LogP contribution in [0.5, 0.6) is 5.75 Å². The van der Waals surface area contributed by atoms with Gasteiger partial charge in [0.1, 0.15) is 12.4 Å². The SMILES string of the molecule is COCCOc1ccc(S(=O)(=O)Nc2c(C)cccc2C(=O)N2CCCC2)cc1C. The molecule has 0 bridgehead atoms. The molecular weight excluding hydrogens is 404 g/mol. The summed E-state index contributed by atoms with van der Waals surface area (Å²) in [5.41, 5.74) is 2.09. The van der Waals surface area contributed by atoms with Gasteiger partial charge in [0.2, 0.25) is 0 Å². The molecule has 0 unspecified atom stereocenters. The summed E-state index contributed by atoms with van der Waals surface area (Å²) in [5, 5.41) is 0. The van der Waals surface area contributed by atoms with Crippen LogP contribution in [0.4, 0.5) is 5.69 Å². The highest BCUT2D eigenvalue weighted by molar-refractivity contribution is 7.92. The summed E-state index contributed by atoms with van der Waals surface area (Å²) in [6.07, 6.45) is 1.94. The lowest BCUT2D eigenvalue weighted by molar-refractivity contribution is 0.0794. The highest BCUT2D eigenvalue weighted by atomic mass is 32.2. The number of amides is 1. The van der Waals surface area contributed by atoms with Crippen LogP contribution in [0.25, 0.3) is 0 Å². The topological polar surface area (TPSA) is 84.9 Å². The van der Waals surface area contributed by atoms with E-state index in [2.05, 4.69) is 4.72 Å². The zero-order chi connectivity index (χ0) is 21.7. The largest absolute Gasteiger partial charge is 0.491 e. The molecule has 0 aromatic heterocycles. The Bertz CT molecular complexity index is 1010. The van der Waals surface area contributed by atoms with Crippen LogP contribution < -0.4 is 9.46 Å². The molecule has 1 aliphatic heterocycles. The lowest BCUT2D eigenvalue weighted by Crippen LogP contribution is -2.29. The van der Waals surface area contributed by atoms with E-state index in [0.29, 0.717) is 54.4 Å². The van der Waals surface area contributed by atoms with Gasteiger partial charge in [0.05, 0.1) is 22.8 Å². The fraction of sp³-hybridized carbons (Fsp3) is 0.409. The molecule has 0 saturated carbocycles. The Morgan fingerprint density at radius 1 is 1.07 bits per heavy atom. The molecule has 8 heteroatoms. The van der Waals surface area contributed by atoms with E-state index in [0.717, 1.165) is 12.8 Å². The van der Waals surface area contributed by atoms with Crippen molar-refractivity contribution in [2.75, 3.05) is 38.1 Å². The van der Waals surface area contributed by atoms with Crippen molar-refractivity contribution in [3.63, 3.8) is 0 Å². The molecule has 1 amide bonds. The van der Waals surface area contributed by atoms with Gasteiger partial charge in [-0.3, -0.25) is 9.52 Å². The van der Waals surface area contributed by atoms with E-state index >= 15 is 0 Å². The molecule has 1 aliphatic rings. The Hall–Kier alpha value is -2.58. The van der Waals surface area contributed by atoms with Crippen LogP contribution in [0.3, 0.4) is 0 Å². The van der Waals surface area contributed by atoms with Gasteiger partial charge in [-0.15, -0.1) is 0 Å². The minimum Gasteiger partial charge on any atom is -0.491 e. The summed E-state index contributed by atoms with van der Waals surface area (Å²) in [7, 11) is -2.29. The Labute approximate surface area is 178 Å². The van der Waals surface area contributed by atoms with Crippen molar-refractivity contribution in [2.45, 2.75) is 31.6 Å². The van der Waals surface area contributed by atoms with Crippen molar-refractivity contribution in [1.29, 1.82) is 0 Å². The predicted octanol–water partition coefficient (Wildman–Crippen LogP) is 3.37. The number of carbonyl (C=O) groups is 1. The Morgan fingerprint density at radius 3 is 2.47 bits per heavy atom. The number of anilines is 1. The predicted molar refractivity (Wildman–Crippen MR) is 116 cm³/mol. The first-order valence-electron chi connectivity index (χ1n) is 9.97. The van der Waals surface area contributed by atoms with E-state index in [1.807, 2.05) is 0 Å². The van der Waals surface area contributed by atoms with Gasteiger partial charge in [0.25, 0.3) is 15.9 Å². The first kappa shape index (κ1) is 22.1. The van der Waals surface area contributed by atoms with E-state index in [4.69, 9.17) is 9.47 Å². The molecule has 7 nitrogen and oxygen atoms in total. The van der Waals surface area contributed by atoms with Gasteiger partial charge in [-0.25, -0.2) is 8.42 Å². The van der Waals surface area contributed by atoms with E-state index < -0.39 is 10.0 Å². The highest BCUT2D eigenvalue weighted by Crippen LogP contribution is 2.28. The molecule has 0 atom stereocenters. The summed E-state index contributed by atoms with van der Waals surface area (Å²) in [6, 6.07) is 9.92. The molecule has 3 rings (SSSR count). The minimum absolute atomic E-state index is 0.113. The number of nitrogens with one attached hydrogen (secondary N) is 1. The maximum absolute atomic E-state index is 13.1. The molecule has 1 saturated heterocycles. The molecular formula is C22H28N2O5S. The molecule has 1 N–H and O–H groups in total. The quantitative estimate of drug-likeness (QED) is 0.647. The van der Waals surface area contributed by atoms with Gasteiger partial charge in [-0.05, 0) is 62.1 Å². The molecule has 162 valence electrons. The van der Waals surface area contributed by atoms with Crippen LogP contribution in [-0.4, -0.2) is 52.6 Å². The standard InChI is InChI=1S/C22H28N2O5S/c1-16-7-6-8-19(22(25)24-11-4-5-12-24)21(16)23-30(26,27)18-9-10-20(17(2)15-18)29-14-13-28-3/h6-10,15,23H,4-5,11-14H2,1-3H3. The minimum atomic E-state index is -3.88. The van der Waals surface area contributed by atoms with E-state index in [-0.39, 0.29) is 10.8 Å². The monoisotopic (exact) mass is 432 g/mol. The van der Waals surface area contributed by atoms with Gasteiger partial charge < -0.3 is 14.4 Å². The van der Waals surface area contributed by atoms with Crippen LogP contribution >= 0.6 is 0 Å². The van der Waals surface area contributed by atoms with Crippen molar-refractivity contribution >= 4 is 21.6 Å². The molecule has 1 fully saturated rings. The number of rotatable bonds is 8. The number of hydrogen-bond donors (Lipinski definition) is 1. The first-order valence-corrected chi connectivity index (χ1v) is 11.5. The Morgan fingerprint density at radius 2 is 1.80 bits per heavy atom. The number of carbonyl (C=O) groups excluding carboxylic acids is 1. The number of benzene rings is 2. The third-order valence-electron chi connectivity index (χ3n) is 5.13. The second kappa shape index (κ2) is 9.49. The van der Waals surface area contributed by atoms with Gasteiger partial charge in [0.15, 0.2) is 0 Å². The van der Waals surface area contributed by atoms with Crippen molar-refractivity contribution < 1.29 is 22.7 Å². The lowest BCUT2D eigenvalue weighted by Gasteiger charge is -2.20. The summed E-state index contributed by atoms with van der Waals surface area (Å²) in [5.74, 6) is 0.457. The fourth-order valence-corrected chi connectivity index (χ4v) is 4.69. The van der Waals surface area contributed by atoms with Gasteiger partial charge in [0, 0.05) is 20.2 Å². The second-order valence-electron chi connectivity index (χ2n) is 7.37. The molecule has 2 aromatic carbocycles. The number of likely N-dealkylation sites (tertiary alicyclic amines) is 1. The smallest absolute Gasteiger partial charge is 0.261 e. The van der Waals surface area contributed by atoms with Crippen molar-refractivity contribution in [1.82, 2.24) is 4.90 Å². The molecule has 1 heterocycles. The van der Waals surface area contributed by atoms with Crippen LogP contribution in [0.15, 0.2) is 41.3 Å². The van der Waals surface area contributed by atoms with Gasteiger partial charge >= 0.3 is 0 Å². The molecule has 0 spiro atoms. The van der Waals surface area contributed by atoms with Gasteiger partial charge in [-0.1, -0.05) is 12.1 Å². The number of nitrogens with zero attached hydrogens (tertiary/aromatic N) is 1. The molecule has 0 aliphatic carbocycles. The summed E-state index contributed by atoms with van der Waals surface area (Å²) in [4.78, 5) is 14.8. The van der Waals surface area contributed by atoms with E-state index in [9.17, 15) is 13.2 Å². The lowest BCUT2D eigenvalue weighted by atomic mass is 10.1. The van der Waals surface area contributed by atoms with Crippen LogP contribution in [0.2, 0.25) is 0 Å². The van der Waals surface area contributed by atoms with Crippen molar-refractivity contribution in [3.8, 4) is 5.75 Å². The maximum Gasteiger partial charge on any atom is 0.261 e. The van der Waals surface area contributed by atoms with E-state index in [1.54, 1.807) is 56.2 Å². The summed E-state index contributed by atoms with van der Waals surface area (Å²) < 4.78 is 39.4. The van der Waals surface area contributed by atoms with Crippen molar-refractivity contribution in [2.24, 2.45) is 0 Å². The molecule has 2 aromatic rings. The zero-order valence-corrected chi connectivity index (χ0v) is 18.4. The van der Waals surface area contributed by atoms with Crippen LogP contribution in [0, 0.1) is 13.8 Å². The number of sulfonamides is 1. The average Bonchev–Trinajstić information content (AvgIpc) is 3.25. The third-order valence-corrected chi connectivity index (χ3v) is 6.48. The second-order valence-corrected chi connectivity index (χ2v) is 9.05. The number of aryl methyl sites for hydroxylation is 2. The number of hydrogen-bond acceptors (Lipinski definition) is 5. The number of ether oxygens (including phenoxy) is 2. The van der Waals surface area contributed by atoms with Crippen molar-refractivity contribution in [3.05, 3.63) is 53.1 Å². The average molecular weight is 433 g/mol. The van der Waals surface area contributed by atoms with E-state index in [1.165, 1.54) is 6.07 Å². The summed E-state index contributed by atoms with van der Waals surface area (Å²) >= 11 is 0. The van der Waals surface area contributed by atoms with Gasteiger partial charge in [-0.2, -0.15) is 0 Å². The molecule has 0 radical (unpaired) electrons. The molecule has 30 heavy (non-hydrogen) atoms. The number of methoxy groups -OCH3 is 1. The Kier molecular flexibility index (Phi) is 6.99. The Balaban J connectivity index is 1.87. The maximum atomic E-state index is 13.1. The zero-order valence-electron chi connectivity index (χ0n) is 17.6. The normalized spacial score (nSPS) is 14.0.